The van der Waals surface area contributed by atoms with Crippen LogP contribution < -0.4 is 14.4 Å². The van der Waals surface area contributed by atoms with Gasteiger partial charge in [-0.15, -0.1) is 0 Å². The van der Waals surface area contributed by atoms with Gasteiger partial charge in [0.2, 0.25) is 0 Å². The molecule has 1 aromatic heterocycles. The molecule has 0 bridgehead atoms. The molecule has 2 aliphatic heterocycles. The first-order valence-corrected chi connectivity index (χ1v) is 10.2. The number of hydrogen-bond donors (Lipinski definition) is 0. The van der Waals surface area contributed by atoms with Gasteiger partial charge in [0.25, 0.3) is 0 Å². The van der Waals surface area contributed by atoms with Gasteiger partial charge in [0.1, 0.15) is 22.3 Å². The third-order valence-corrected chi connectivity index (χ3v) is 5.73. The van der Waals surface area contributed by atoms with Crippen LogP contribution in [0, 0.1) is 5.82 Å². The molecule has 0 N–H and O–H groups in total. The van der Waals surface area contributed by atoms with Crippen molar-refractivity contribution in [3.8, 4) is 11.5 Å². The monoisotopic (exact) mass is 484 g/mol. The third-order valence-electron chi connectivity index (χ3n) is 4.61. The summed E-state index contributed by atoms with van der Waals surface area (Å²) in [4.78, 5) is 18.6. The first-order valence-electron chi connectivity index (χ1n) is 9.07. The second kappa shape index (κ2) is 7.32. The number of anilines is 1. The predicted octanol–water partition coefficient (Wildman–Crippen LogP) is 5.45. The lowest BCUT2D eigenvalue weighted by atomic mass is 9.95. The van der Waals surface area contributed by atoms with E-state index in [0.29, 0.717) is 33.7 Å². The Hall–Kier alpha value is -2.06. The summed E-state index contributed by atoms with van der Waals surface area (Å²) < 4.78 is 32.6. The number of ether oxygens (including phenoxy) is 3. The van der Waals surface area contributed by atoms with E-state index in [1.54, 1.807) is 32.9 Å². The molecule has 154 valence electrons. The van der Waals surface area contributed by atoms with Crippen LogP contribution in [0.25, 0.3) is 0 Å². The number of pyridine rings is 1. The third kappa shape index (κ3) is 3.88. The molecule has 6 nitrogen and oxygen atoms in total. The van der Waals surface area contributed by atoms with Crippen molar-refractivity contribution >= 4 is 39.4 Å². The highest BCUT2D eigenvalue weighted by Gasteiger charge is 2.36. The highest BCUT2D eigenvalue weighted by molar-refractivity contribution is 9.10. The summed E-state index contributed by atoms with van der Waals surface area (Å²) in [5.74, 6) is 0.507. The summed E-state index contributed by atoms with van der Waals surface area (Å²) in [5.41, 5.74) is 0.308. The Kier molecular flexibility index (Phi) is 5.11. The first-order chi connectivity index (χ1) is 13.6. The predicted molar refractivity (Wildman–Crippen MR) is 109 cm³/mol. The van der Waals surface area contributed by atoms with E-state index in [2.05, 4.69) is 20.9 Å². The topological polar surface area (TPSA) is 60.9 Å². The minimum atomic E-state index is -0.751. The van der Waals surface area contributed by atoms with Gasteiger partial charge in [0.05, 0.1) is 30.1 Å². The molecule has 29 heavy (non-hydrogen) atoms. The van der Waals surface area contributed by atoms with Crippen LogP contribution in [0.15, 0.2) is 22.7 Å². The summed E-state index contributed by atoms with van der Waals surface area (Å²) >= 11 is 9.53. The minimum absolute atomic E-state index is 0.0922. The van der Waals surface area contributed by atoms with Gasteiger partial charge in [-0.1, -0.05) is 11.6 Å². The van der Waals surface area contributed by atoms with E-state index in [4.69, 9.17) is 25.8 Å². The van der Waals surface area contributed by atoms with Crippen LogP contribution in [0.2, 0.25) is 5.15 Å². The molecule has 2 aliphatic rings. The zero-order valence-corrected chi connectivity index (χ0v) is 18.4. The maximum absolute atomic E-state index is 14.9. The van der Waals surface area contributed by atoms with Crippen LogP contribution in [0.3, 0.4) is 0 Å². The second-order valence-corrected chi connectivity index (χ2v) is 9.12. The van der Waals surface area contributed by atoms with Gasteiger partial charge in [0.15, 0.2) is 11.6 Å². The van der Waals surface area contributed by atoms with Gasteiger partial charge >= 0.3 is 6.09 Å². The zero-order chi connectivity index (χ0) is 20.9. The molecule has 0 saturated heterocycles. The molecule has 0 saturated carbocycles. The Morgan fingerprint density at radius 2 is 2.00 bits per heavy atom. The highest BCUT2D eigenvalue weighted by atomic mass is 79.9. The number of halogens is 3. The largest absolute Gasteiger partial charge is 0.493 e. The Morgan fingerprint density at radius 1 is 1.31 bits per heavy atom. The summed E-state index contributed by atoms with van der Waals surface area (Å²) in [6.45, 7) is 5.79. The molecule has 0 aliphatic carbocycles. The Labute approximate surface area is 181 Å². The van der Waals surface area contributed by atoms with Crippen molar-refractivity contribution in [2.75, 3.05) is 18.1 Å². The van der Waals surface area contributed by atoms with E-state index < -0.39 is 17.5 Å². The zero-order valence-electron chi connectivity index (χ0n) is 16.1. The summed E-state index contributed by atoms with van der Waals surface area (Å²) in [7, 11) is 0. The molecule has 1 aromatic carbocycles. The van der Waals surface area contributed by atoms with E-state index in [1.165, 1.54) is 11.0 Å². The molecule has 1 amide bonds. The molecular weight excluding hydrogens is 467 g/mol. The lowest BCUT2D eigenvalue weighted by Gasteiger charge is -2.28. The van der Waals surface area contributed by atoms with Gasteiger partial charge < -0.3 is 14.2 Å². The average molecular weight is 486 g/mol. The van der Waals surface area contributed by atoms with Crippen LogP contribution in [0.4, 0.5) is 15.0 Å². The molecule has 2 aromatic rings. The van der Waals surface area contributed by atoms with Crippen molar-refractivity contribution in [3.05, 3.63) is 44.8 Å². The van der Waals surface area contributed by atoms with Crippen LogP contribution in [0.5, 0.6) is 11.5 Å². The number of carbonyl (C=O) groups excluding carboxylic acids is 1. The molecular formula is C20H19BrClFN2O4. The summed E-state index contributed by atoms with van der Waals surface area (Å²) in [6, 6.07) is 4.58. The van der Waals surface area contributed by atoms with Crippen molar-refractivity contribution in [1.82, 2.24) is 4.98 Å². The van der Waals surface area contributed by atoms with E-state index in [0.717, 1.165) is 0 Å². The molecule has 9 heteroatoms. The van der Waals surface area contributed by atoms with Crippen LogP contribution in [-0.2, 0) is 11.3 Å². The van der Waals surface area contributed by atoms with Crippen molar-refractivity contribution in [1.29, 1.82) is 0 Å². The number of benzene rings is 1. The van der Waals surface area contributed by atoms with E-state index in [9.17, 15) is 9.18 Å². The van der Waals surface area contributed by atoms with E-state index >= 15 is 0 Å². The van der Waals surface area contributed by atoms with Crippen molar-refractivity contribution in [2.45, 2.75) is 38.8 Å². The number of hydrogen-bond acceptors (Lipinski definition) is 5. The highest BCUT2D eigenvalue weighted by Crippen LogP contribution is 2.43. The standard InChI is InChI=1S/C20H19BrClFN2O4/c1-20(2,3)29-19(26)25-7-11-13(23)4-5-14-16(11)10(8-27-14)9-28-15-6-12(21)17(22)24-18(15)25/h4-6,10H,7-9H2,1-3H3/t10-/m1/s1. The van der Waals surface area contributed by atoms with Gasteiger partial charge in [-0.2, -0.15) is 0 Å². The van der Waals surface area contributed by atoms with E-state index in [1.807, 2.05) is 0 Å². The van der Waals surface area contributed by atoms with Gasteiger partial charge in [0, 0.05) is 17.2 Å². The lowest BCUT2D eigenvalue weighted by Crippen LogP contribution is -2.37. The average Bonchev–Trinajstić information content (AvgIpc) is 3.05. The molecule has 4 rings (SSSR count). The van der Waals surface area contributed by atoms with Crippen LogP contribution >= 0.6 is 27.5 Å². The van der Waals surface area contributed by atoms with Gasteiger partial charge in [-0.25, -0.2) is 14.2 Å². The number of nitrogens with zero attached hydrogens (tertiary/aromatic N) is 2. The fourth-order valence-electron chi connectivity index (χ4n) is 3.39. The fraction of sp³-hybridized carbons (Fsp3) is 0.400. The maximum atomic E-state index is 14.9. The molecule has 0 unspecified atom stereocenters. The Bertz CT molecular complexity index is 995. The summed E-state index contributed by atoms with van der Waals surface area (Å²) in [6.07, 6.45) is -0.678. The normalized spacial score (nSPS) is 17.9. The van der Waals surface area contributed by atoms with Gasteiger partial charge in [-0.3, -0.25) is 4.90 Å². The number of aromatic nitrogens is 1. The van der Waals surface area contributed by atoms with Crippen molar-refractivity contribution < 1.29 is 23.4 Å². The van der Waals surface area contributed by atoms with Crippen molar-refractivity contribution in [2.24, 2.45) is 0 Å². The molecule has 1 atom stereocenters. The SMILES string of the molecule is CC(C)(C)OC(=O)N1Cc2c(F)ccc3c2[C@@H](COc2cc(Br)c(Cl)nc21)CO3. The first kappa shape index (κ1) is 20.2. The van der Waals surface area contributed by atoms with Gasteiger partial charge in [-0.05, 0) is 48.8 Å². The molecule has 3 heterocycles. The number of fused-ring (bicyclic) bond motifs is 1. The van der Waals surface area contributed by atoms with Crippen LogP contribution in [0.1, 0.15) is 37.8 Å². The molecule has 0 spiro atoms. The maximum Gasteiger partial charge on any atom is 0.416 e. The Balaban J connectivity index is 1.88. The smallest absolute Gasteiger partial charge is 0.416 e. The van der Waals surface area contributed by atoms with Crippen LogP contribution in [-0.4, -0.2) is 29.9 Å². The number of rotatable bonds is 0. The minimum Gasteiger partial charge on any atom is -0.493 e. The second-order valence-electron chi connectivity index (χ2n) is 7.91. The van der Waals surface area contributed by atoms with Crippen molar-refractivity contribution in [3.63, 3.8) is 0 Å². The molecule has 0 fully saturated rings. The molecule has 0 radical (unpaired) electrons. The fourth-order valence-corrected chi connectivity index (χ4v) is 3.82. The lowest BCUT2D eigenvalue weighted by molar-refractivity contribution is 0.0575. The summed E-state index contributed by atoms with van der Waals surface area (Å²) in [5, 5.41) is 0.154. The van der Waals surface area contributed by atoms with E-state index in [-0.39, 0.29) is 30.0 Å². The Morgan fingerprint density at radius 3 is 2.69 bits per heavy atom. The number of carbonyl (C=O) groups is 1. The quantitative estimate of drug-likeness (QED) is 0.465. The number of amides is 1.